The summed E-state index contributed by atoms with van der Waals surface area (Å²) >= 11 is 9.51. The molecule has 4 heteroatoms. The predicted octanol–water partition coefficient (Wildman–Crippen LogP) is 4.47. The van der Waals surface area contributed by atoms with E-state index in [1.165, 1.54) is 0 Å². The molecular weight excluding hydrogens is 326 g/mol. The van der Waals surface area contributed by atoms with Crippen molar-refractivity contribution in [3.05, 3.63) is 62.6 Å². The summed E-state index contributed by atoms with van der Waals surface area (Å²) in [5.41, 5.74) is 9.44. The molecule has 0 saturated heterocycles. The number of ether oxygens (including phenoxy) is 1. The van der Waals surface area contributed by atoms with E-state index >= 15 is 0 Å². The Hall–Kier alpha value is -1.03. The van der Waals surface area contributed by atoms with E-state index in [1.807, 2.05) is 37.3 Å². The Morgan fingerprint density at radius 1 is 1.16 bits per heavy atom. The Balaban J connectivity index is 2.49. The number of hydrogen-bond acceptors (Lipinski definition) is 2. The lowest BCUT2D eigenvalue weighted by atomic mass is 9.95. The van der Waals surface area contributed by atoms with Crippen molar-refractivity contribution in [2.75, 3.05) is 7.11 Å². The Bertz CT molecular complexity index is 601. The summed E-state index contributed by atoms with van der Waals surface area (Å²) in [5, 5.41) is 0.654. The third kappa shape index (κ3) is 3.11. The lowest BCUT2D eigenvalue weighted by Gasteiger charge is -2.18. The maximum absolute atomic E-state index is 6.36. The predicted molar refractivity (Wildman–Crippen MR) is 82.9 cm³/mol. The summed E-state index contributed by atoms with van der Waals surface area (Å²) in [6, 6.07) is 11.3. The van der Waals surface area contributed by atoms with E-state index in [0.29, 0.717) is 5.02 Å². The highest BCUT2D eigenvalue weighted by atomic mass is 79.9. The Labute approximate surface area is 126 Å². The normalized spacial score (nSPS) is 12.3. The van der Waals surface area contributed by atoms with Gasteiger partial charge in [0.25, 0.3) is 0 Å². The maximum Gasteiger partial charge on any atom is 0.124 e. The number of rotatable bonds is 3. The minimum Gasteiger partial charge on any atom is -0.496 e. The second-order valence-corrected chi connectivity index (χ2v) is 5.72. The van der Waals surface area contributed by atoms with Gasteiger partial charge in [0.2, 0.25) is 0 Å². The summed E-state index contributed by atoms with van der Waals surface area (Å²) < 4.78 is 6.40. The van der Waals surface area contributed by atoms with Crippen molar-refractivity contribution in [3.8, 4) is 5.75 Å². The van der Waals surface area contributed by atoms with Crippen LogP contribution in [0.5, 0.6) is 5.75 Å². The number of nitrogens with two attached hydrogens (primary N) is 1. The highest BCUT2D eigenvalue weighted by Crippen LogP contribution is 2.32. The van der Waals surface area contributed by atoms with E-state index in [9.17, 15) is 0 Å². The summed E-state index contributed by atoms with van der Waals surface area (Å²) in [6.45, 7) is 2.04. The number of methoxy groups -OCH3 is 1. The highest BCUT2D eigenvalue weighted by molar-refractivity contribution is 9.10. The van der Waals surface area contributed by atoms with Gasteiger partial charge in [-0.25, -0.2) is 0 Å². The van der Waals surface area contributed by atoms with Crippen LogP contribution < -0.4 is 10.5 Å². The molecule has 2 nitrogen and oxygen atoms in total. The largest absolute Gasteiger partial charge is 0.496 e. The molecule has 0 aromatic heterocycles. The topological polar surface area (TPSA) is 35.2 Å². The third-order valence-corrected chi connectivity index (χ3v) is 3.82. The van der Waals surface area contributed by atoms with Gasteiger partial charge in [-0.1, -0.05) is 33.6 Å². The van der Waals surface area contributed by atoms with Gasteiger partial charge in [-0.15, -0.1) is 0 Å². The van der Waals surface area contributed by atoms with Crippen molar-refractivity contribution in [3.63, 3.8) is 0 Å². The van der Waals surface area contributed by atoms with E-state index < -0.39 is 0 Å². The molecule has 0 fully saturated rings. The van der Waals surface area contributed by atoms with Crippen LogP contribution in [0.4, 0.5) is 0 Å². The van der Waals surface area contributed by atoms with Gasteiger partial charge in [0.15, 0.2) is 0 Å². The van der Waals surface area contributed by atoms with Gasteiger partial charge in [-0.05, 0) is 48.4 Å². The molecule has 2 N–H and O–H groups in total. The molecule has 0 spiro atoms. The summed E-state index contributed by atoms with van der Waals surface area (Å²) in [7, 11) is 1.63. The van der Waals surface area contributed by atoms with Gasteiger partial charge in [0, 0.05) is 15.1 Å². The molecule has 0 amide bonds. The van der Waals surface area contributed by atoms with E-state index in [4.69, 9.17) is 22.1 Å². The van der Waals surface area contributed by atoms with Crippen LogP contribution in [-0.4, -0.2) is 7.11 Å². The van der Waals surface area contributed by atoms with E-state index in [2.05, 4.69) is 15.9 Å². The van der Waals surface area contributed by atoms with Crippen molar-refractivity contribution in [2.45, 2.75) is 13.0 Å². The van der Waals surface area contributed by atoms with Crippen molar-refractivity contribution < 1.29 is 4.74 Å². The molecule has 0 saturated carbocycles. The highest BCUT2D eigenvalue weighted by Gasteiger charge is 2.16. The number of benzene rings is 2. The fraction of sp³-hybridized carbons (Fsp3) is 0.200. The molecule has 1 atom stereocenters. The second kappa shape index (κ2) is 5.95. The van der Waals surface area contributed by atoms with Gasteiger partial charge in [-0.2, -0.15) is 0 Å². The molecule has 1 unspecified atom stereocenters. The first kappa shape index (κ1) is 14.4. The molecule has 0 radical (unpaired) electrons. The van der Waals surface area contributed by atoms with Crippen LogP contribution in [0.15, 0.2) is 40.9 Å². The minimum atomic E-state index is -0.262. The zero-order valence-corrected chi connectivity index (χ0v) is 13.1. The molecule has 19 heavy (non-hydrogen) atoms. The Kier molecular flexibility index (Phi) is 4.50. The van der Waals surface area contributed by atoms with Crippen LogP contribution in [0.1, 0.15) is 22.7 Å². The Morgan fingerprint density at radius 2 is 1.89 bits per heavy atom. The van der Waals surface area contributed by atoms with Crippen LogP contribution >= 0.6 is 27.5 Å². The molecule has 0 aliphatic carbocycles. The standard InChI is InChI=1S/C15H15BrClNO/c1-9-7-10(16)3-5-12(9)15(18)13-8-11(17)4-6-14(13)19-2/h3-8,15H,18H2,1-2H3. The van der Waals surface area contributed by atoms with Gasteiger partial charge in [-0.3, -0.25) is 0 Å². The summed E-state index contributed by atoms with van der Waals surface area (Å²) in [6.07, 6.45) is 0. The molecule has 2 aromatic carbocycles. The van der Waals surface area contributed by atoms with Crippen LogP contribution in [0.25, 0.3) is 0 Å². The second-order valence-electron chi connectivity index (χ2n) is 4.36. The number of aryl methyl sites for hydroxylation is 1. The fourth-order valence-electron chi connectivity index (χ4n) is 2.10. The monoisotopic (exact) mass is 339 g/mol. The lowest BCUT2D eigenvalue weighted by Crippen LogP contribution is -2.14. The molecule has 0 bridgehead atoms. The first-order chi connectivity index (χ1) is 9.02. The molecular formula is C15H15BrClNO. The lowest BCUT2D eigenvalue weighted by molar-refractivity contribution is 0.408. The molecule has 0 heterocycles. The fourth-order valence-corrected chi connectivity index (χ4v) is 2.76. The van der Waals surface area contributed by atoms with Crippen molar-refractivity contribution >= 4 is 27.5 Å². The molecule has 2 rings (SSSR count). The van der Waals surface area contributed by atoms with Crippen LogP contribution in [-0.2, 0) is 0 Å². The molecule has 0 aliphatic rings. The van der Waals surface area contributed by atoms with Crippen LogP contribution in [0, 0.1) is 6.92 Å². The maximum atomic E-state index is 6.36. The van der Waals surface area contributed by atoms with E-state index in [-0.39, 0.29) is 6.04 Å². The molecule has 2 aromatic rings. The Morgan fingerprint density at radius 3 is 2.53 bits per heavy atom. The average molecular weight is 341 g/mol. The average Bonchev–Trinajstić information content (AvgIpc) is 2.38. The zero-order chi connectivity index (χ0) is 14.0. The van der Waals surface area contributed by atoms with Gasteiger partial charge < -0.3 is 10.5 Å². The first-order valence-corrected chi connectivity index (χ1v) is 7.05. The van der Waals surface area contributed by atoms with Crippen LogP contribution in [0.3, 0.4) is 0 Å². The van der Waals surface area contributed by atoms with Crippen LogP contribution in [0.2, 0.25) is 5.02 Å². The van der Waals surface area contributed by atoms with Gasteiger partial charge >= 0.3 is 0 Å². The van der Waals surface area contributed by atoms with Gasteiger partial charge in [0.1, 0.15) is 5.75 Å². The summed E-state index contributed by atoms with van der Waals surface area (Å²) in [5.74, 6) is 0.749. The molecule has 100 valence electrons. The van der Waals surface area contributed by atoms with Crippen molar-refractivity contribution in [2.24, 2.45) is 5.73 Å². The third-order valence-electron chi connectivity index (χ3n) is 3.09. The quantitative estimate of drug-likeness (QED) is 0.895. The first-order valence-electron chi connectivity index (χ1n) is 5.88. The smallest absolute Gasteiger partial charge is 0.124 e. The SMILES string of the molecule is COc1ccc(Cl)cc1C(N)c1ccc(Br)cc1C. The molecule has 0 aliphatic heterocycles. The van der Waals surface area contributed by atoms with Gasteiger partial charge in [0.05, 0.1) is 13.2 Å². The minimum absolute atomic E-state index is 0.262. The zero-order valence-electron chi connectivity index (χ0n) is 10.8. The van der Waals surface area contributed by atoms with E-state index in [0.717, 1.165) is 26.9 Å². The van der Waals surface area contributed by atoms with E-state index in [1.54, 1.807) is 13.2 Å². The summed E-state index contributed by atoms with van der Waals surface area (Å²) in [4.78, 5) is 0. The number of halogens is 2. The number of hydrogen-bond donors (Lipinski definition) is 1. The van der Waals surface area contributed by atoms with Crippen molar-refractivity contribution in [1.82, 2.24) is 0 Å². The van der Waals surface area contributed by atoms with Crippen molar-refractivity contribution in [1.29, 1.82) is 0 Å².